The highest BCUT2D eigenvalue weighted by atomic mass is 32.2. The zero-order valence-electron chi connectivity index (χ0n) is 9.79. The van der Waals surface area contributed by atoms with Crippen molar-refractivity contribution in [1.82, 2.24) is 10.2 Å². The smallest absolute Gasteiger partial charge is 0.144 e. The molecule has 0 spiro atoms. The van der Waals surface area contributed by atoms with Crippen LogP contribution >= 0.6 is 0 Å². The van der Waals surface area contributed by atoms with Crippen molar-refractivity contribution in [2.75, 3.05) is 0 Å². The Morgan fingerprint density at radius 3 is 2.53 bits per heavy atom. The van der Waals surface area contributed by atoms with E-state index in [1.807, 2.05) is 34.6 Å². The van der Waals surface area contributed by atoms with Gasteiger partial charge in [0.2, 0.25) is 0 Å². The zero-order chi connectivity index (χ0) is 11.6. The van der Waals surface area contributed by atoms with Crippen LogP contribution in [0, 0.1) is 6.92 Å². The van der Waals surface area contributed by atoms with Crippen molar-refractivity contribution < 1.29 is 4.55 Å². The van der Waals surface area contributed by atoms with Crippen LogP contribution in [0.3, 0.4) is 0 Å². The van der Waals surface area contributed by atoms with Gasteiger partial charge in [-0.05, 0) is 40.2 Å². The maximum absolute atomic E-state index is 11.8. The van der Waals surface area contributed by atoms with Crippen LogP contribution in [0.1, 0.15) is 39.0 Å². The lowest BCUT2D eigenvalue weighted by molar-refractivity contribution is 0.561. The molecule has 0 aliphatic heterocycles. The molecule has 1 heterocycles. The summed E-state index contributed by atoms with van der Waals surface area (Å²) in [5.41, 5.74) is 2.51. The molecule has 0 aliphatic carbocycles. The highest BCUT2D eigenvalue weighted by molar-refractivity contribution is 7.91. The lowest BCUT2D eigenvalue weighted by Crippen LogP contribution is -2.26. The molecule has 15 heavy (non-hydrogen) atoms. The maximum Gasteiger partial charge on any atom is 0.144 e. The van der Waals surface area contributed by atoms with Crippen molar-refractivity contribution in [1.29, 1.82) is 0 Å². The largest absolute Gasteiger partial charge is 0.591 e. The summed E-state index contributed by atoms with van der Waals surface area (Å²) in [7, 11) is 0. The van der Waals surface area contributed by atoms with Crippen LogP contribution in [-0.4, -0.2) is 25.2 Å². The Balaban J connectivity index is 2.90. The van der Waals surface area contributed by atoms with Gasteiger partial charge in [0.05, 0.1) is 0 Å². The van der Waals surface area contributed by atoms with E-state index in [0.717, 1.165) is 11.3 Å². The molecule has 0 unspecified atom stereocenters. The Bertz CT molecular complexity index is 365. The summed E-state index contributed by atoms with van der Waals surface area (Å²) >= 11 is -1.23. The average molecular weight is 227 g/mol. The lowest BCUT2D eigenvalue weighted by atomic mass is 10.2. The van der Waals surface area contributed by atoms with E-state index in [1.54, 1.807) is 6.20 Å². The molecule has 0 radical (unpaired) electrons. The quantitative estimate of drug-likeness (QED) is 0.620. The summed E-state index contributed by atoms with van der Waals surface area (Å²) in [4.78, 5) is 0. The molecule has 0 aromatic carbocycles. The summed E-state index contributed by atoms with van der Waals surface area (Å²) in [5.74, 6) is 0. The fourth-order valence-corrected chi connectivity index (χ4v) is 1.63. The maximum atomic E-state index is 11.8. The number of aryl methyl sites for hydroxylation is 1. The fourth-order valence-electron chi connectivity index (χ4n) is 1.02. The van der Waals surface area contributed by atoms with E-state index in [2.05, 4.69) is 14.6 Å². The molecule has 84 valence electrons. The average Bonchev–Trinajstić information content (AvgIpc) is 2.49. The molecular weight excluding hydrogens is 210 g/mol. The number of hydrogen-bond donors (Lipinski definition) is 1. The fraction of sp³-hybridized carbons (Fsp3) is 0.600. The predicted octanol–water partition coefficient (Wildman–Crippen LogP) is 1.99. The second kappa shape index (κ2) is 4.37. The van der Waals surface area contributed by atoms with Crippen LogP contribution in [0.2, 0.25) is 0 Å². The van der Waals surface area contributed by atoms with E-state index in [0.29, 0.717) is 5.71 Å². The van der Waals surface area contributed by atoms with Crippen LogP contribution in [0.4, 0.5) is 0 Å². The van der Waals surface area contributed by atoms with Gasteiger partial charge in [0, 0.05) is 6.20 Å². The number of H-pyrrole nitrogens is 1. The van der Waals surface area contributed by atoms with E-state index in [4.69, 9.17) is 0 Å². The molecule has 0 bridgehead atoms. The lowest BCUT2D eigenvalue weighted by Gasteiger charge is -2.18. The van der Waals surface area contributed by atoms with Gasteiger partial charge in [-0.25, -0.2) is 0 Å². The van der Waals surface area contributed by atoms with Crippen LogP contribution in [0.25, 0.3) is 0 Å². The van der Waals surface area contributed by atoms with Crippen LogP contribution in [-0.2, 0) is 11.4 Å². The van der Waals surface area contributed by atoms with Gasteiger partial charge in [-0.15, -0.1) is 0 Å². The Morgan fingerprint density at radius 2 is 2.13 bits per heavy atom. The van der Waals surface area contributed by atoms with Gasteiger partial charge in [0.25, 0.3) is 0 Å². The third-order valence-electron chi connectivity index (χ3n) is 1.92. The second-order valence-electron chi connectivity index (χ2n) is 4.46. The van der Waals surface area contributed by atoms with Crippen molar-refractivity contribution in [3.63, 3.8) is 0 Å². The van der Waals surface area contributed by atoms with E-state index in [1.165, 1.54) is 0 Å². The van der Waals surface area contributed by atoms with Crippen molar-refractivity contribution in [2.45, 2.75) is 39.4 Å². The summed E-state index contributed by atoms with van der Waals surface area (Å²) < 4.78 is 15.6. The highest BCUT2D eigenvalue weighted by Crippen LogP contribution is 2.18. The first-order valence-electron chi connectivity index (χ1n) is 4.80. The number of aromatic nitrogens is 2. The van der Waals surface area contributed by atoms with E-state index >= 15 is 0 Å². The van der Waals surface area contributed by atoms with E-state index < -0.39 is 11.4 Å². The minimum absolute atomic E-state index is 0.328. The van der Waals surface area contributed by atoms with Gasteiger partial charge in [0.1, 0.15) is 27.5 Å². The molecule has 0 aliphatic rings. The highest BCUT2D eigenvalue weighted by Gasteiger charge is 2.27. The zero-order valence-corrected chi connectivity index (χ0v) is 10.6. The van der Waals surface area contributed by atoms with Crippen molar-refractivity contribution in [3.05, 3.63) is 17.5 Å². The topological polar surface area (TPSA) is 64.1 Å². The Kier molecular flexibility index (Phi) is 3.57. The molecule has 0 fully saturated rings. The van der Waals surface area contributed by atoms with Gasteiger partial charge in [-0.2, -0.15) is 5.10 Å². The monoisotopic (exact) mass is 227 g/mol. The first kappa shape index (κ1) is 12.3. The van der Waals surface area contributed by atoms with Gasteiger partial charge in [-0.1, -0.05) is 4.40 Å². The molecule has 0 saturated carbocycles. The van der Waals surface area contributed by atoms with Crippen molar-refractivity contribution in [3.8, 4) is 0 Å². The minimum atomic E-state index is -1.23. The molecule has 1 N–H and O–H groups in total. The predicted molar refractivity (Wildman–Crippen MR) is 63.4 cm³/mol. The van der Waals surface area contributed by atoms with Gasteiger partial charge < -0.3 is 4.55 Å². The first-order valence-corrected chi connectivity index (χ1v) is 5.91. The van der Waals surface area contributed by atoms with Crippen LogP contribution < -0.4 is 0 Å². The first-order chi connectivity index (χ1) is 6.82. The van der Waals surface area contributed by atoms with Gasteiger partial charge >= 0.3 is 0 Å². The van der Waals surface area contributed by atoms with E-state index in [9.17, 15) is 4.55 Å². The third-order valence-corrected chi connectivity index (χ3v) is 3.40. The molecule has 5 heteroatoms. The van der Waals surface area contributed by atoms with Crippen LogP contribution in [0.15, 0.2) is 10.6 Å². The Morgan fingerprint density at radius 1 is 1.53 bits per heavy atom. The molecule has 0 saturated heterocycles. The molecule has 1 aromatic heterocycles. The van der Waals surface area contributed by atoms with Crippen molar-refractivity contribution in [2.24, 2.45) is 4.40 Å². The molecule has 1 rings (SSSR count). The standard InChI is InChI=1S/C10H17N3OS/c1-7-6-11-12-9(7)8(2)13-15(14)10(3,4)5/h6H,1-5H3,(H,11,12)/b13-8+/t15-/m0/s1. The summed E-state index contributed by atoms with van der Waals surface area (Å²) in [6.07, 6.45) is 1.80. The number of nitrogens with zero attached hydrogens (tertiary/aromatic N) is 2. The number of nitrogens with one attached hydrogen (secondary N) is 1. The SMILES string of the molecule is C/C(=N\[S@@+]([O-])C(C)(C)C)c1n[nH]cc1C. The number of hydrogen-bond acceptors (Lipinski definition) is 3. The summed E-state index contributed by atoms with van der Waals surface area (Å²) in [6, 6.07) is 0. The van der Waals surface area contributed by atoms with Crippen LogP contribution in [0.5, 0.6) is 0 Å². The van der Waals surface area contributed by atoms with Gasteiger partial charge in [0.15, 0.2) is 0 Å². The Labute approximate surface area is 93.5 Å². The normalized spacial score (nSPS) is 15.5. The number of rotatable bonds is 2. The molecule has 1 atom stereocenters. The summed E-state index contributed by atoms with van der Waals surface area (Å²) in [5, 5.41) is 6.82. The molecule has 4 nitrogen and oxygen atoms in total. The molecular formula is C10H17N3OS. The Hall–Kier alpha value is -0.810. The van der Waals surface area contributed by atoms with Crippen molar-refractivity contribution >= 4 is 17.1 Å². The minimum Gasteiger partial charge on any atom is -0.591 e. The third kappa shape index (κ3) is 3.07. The van der Waals surface area contributed by atoms with E-state index in [-0.39, 0.29) is 4.75 Å². The molecule has 1 aromatic rings. The van der Waals surface area contributed by atoms with Gasteiger partial charge in [-0.3, -0.25) is 5.10 Å². The summed E-state index contributed by atoms with van der Waals surface area (Å²) in [6.45, 7) is 9.47. The number of aromatic amines is 1. The molecule has 0 amide bonds. The second-order valence-corrected chi connectivity index (χ2v) is 6.36.